The van der Waals surface area contributed by atoms with Crippen molar-refractivity contribution in [3.63, 3.8) is 0 Å². The average Bonchev–Trinajstić information content (AvgIpc) is 2.79. The number of pyridine rings is 1. The molecule has 0 spiro atoms. The minimum Gasteiger partial charge on any atom is -0.379 e. The van der Waals surface area contributed by atoms with Crippen LogP contribution in [0.2, 0.25) is 5.02 Å². The molecule has 0 saturated carbocycles. The van der Waals surface area contributed by atoms with Gasteiger partial charge in [0.05, 0.1) is 30.5 Å². The summed E-state index contributed by atoms with van der Waals surface area (Å²) in [6, 6.07) is 3.77. The SMILES string of the molecule is Clc1ccc2nc(CNN3CCOCC3)cn2c1. The second-order valence-corrected chi connectivity index (χ2v) is 4.72. The summed E-state index contributed by atoms with van der Waals surface area (Å²) in [7, 11) is 0. The van der Waals surface area contributed by atoms with Gasteiger partial charge in [-0.15, -0.1) is 0 Å². The zero-order valence-electron chi connectivity index (χ0n) is 9.97. The molecule has 1 fully saturated rings. The van der Waals surface area contributed by atoms with E-state index in [9.17, 15) is 0 Å². The number of hydrazine groups is 1. The average molecular weight is 267 g/mol. The van der Waals surface area contributed by atoms with Gasteiger partial charge in [-0.2, -0.15) is 0 Å². The Hall–Kier alpha value is -1.14. The molecular weight excluding hydrogens is 252 g/mol. The molecule has 0 amide bonds. The maximum absolute atomic E-state index is 5.94. The molecule has 0 aliphatic carbocycles. The molecule has 3 rings (SSSR count). The zero-order chi connectivity index (χ0) is 12.4. The molecule has 5 nitrogen and oxygen atoms in total. The van der Waals surface area contributed by atoms with Gasteiger partial charge >= 0.3 is 0 Å². The third-order valence-electron chi connectivity index (χ3n) is 2.96. The summed E-state index contributed by atoms with van der Waals surface area (Å²) < 4.78 is 7.24. The summed E-state index contributed by atoms with van der Waals surface area (Å²) in [6.07, 6.45) is 3.86. The quantitative estimate of drug-likeness (QED) is 0.910. The van der Waals surface area contributed by atoms with Gasteiger partial charge in [-0.3, -0.25) is 0 Å². The van der Waals surface area contributed by atoms with Crippen molar-refractivity contribution in [2.45, 2.75) is 6.54 Å². The fourth-order valence-electron chi connectivity index (χ4n) is 2.02. The number of ether oxygens (including phenoxy) is 1. The minimum absolute atomic E-state index is 0.715. The van der Waals surface area contributed by atoms with E-state index in [4.69, 9.17) is 16.3 Å². The number of hydrogen-bond acceptors (Lipinski definition) is 4. The molecule has 0 radical (unpaired) electrons. The summed E-state index contributed by atoms with van der Waals surface area (Å²) in [5.41, 5.74) is 5.28. The standard InChI is InChI=1S/C12H15ClN4O/c13-10-1-2-12-15-11(9-16(12)8-10)7-14-17-3-5-18-6-4-17/h1-2,8-9,14H,3-7H2. The number of halogens is 1. The molecule has 2 aromatic heterocycles. The molecule has 1 aliphatic heterocycles. The summed E-state index contributed by atoms with van der Waals surface area (Å²) >= 11 is 5.94. The predicted octanol–water partition coefficient (Wildman–Crippen LogP) is 1.32. The molecule has 3 heterocycles. The molecule has 0 aromatic carbocycles. The fourth-order valence-corrected chi connectivity index (χ4v) is 2.18. The number of morpholine rings is 1. The maximum atomic E-state index is 5.94. The van der Waals surface area contributed by atoms with Crippen molar-refractivity contribution < 1.29 is 4.74 Å². The van der Waals surface area contributed by atoms with Gasteiger partial charge in [0.25, 0.3) is 0 Å². The number of fused-ring (bicyclic) bond motifs is 1. The minimum atomic E-state index is 0.715. The highest BCUT2D eigenvalue weighted by molar-refractivity contribution is 6.30. The number of rotatable bonds is 3. The first-order valence-corrected chi connectivity index (χ1v) is 6.38. The van der Waals surface area contributed by atoms with Crippen molar-refractivity contribution in [3.8, 4) is 0 Å². The summed E-state index contributed by atoms with van der Waals surface area (Å²) in [5, 5.41) is 2.88. The van der Waals surface area contributed by atoms with Crippen molar-refractivity contribution >= 4 is 17.2 Å². The van der Waals surface area contributed by atoms with E-state index < -0.39 is 0 Å². The van der Waals surface area contributed by atoms with Crippen molar-refractivity contribution in [2.75, 3.05) is 26.3 Å². The Kier molecular flexibility index (Phi) is 3.47. The van der Waals surface area contributed by atoms with Crippen molar-refractivity contribution in [3.05, 3.63) is 35.2 Å². The van der Waals surface area contributed by atoms with Crippen LogP contribution < -0.4 is 5.43 Å². The predicted molar refractivity (Wildman–Crippen MR) is 69.4 cm³/mol. The molecule has 1 saturated heterocycles. The van der Waals surface area contributed by atoms with Gasteiger partial charge in [0, 0.05) is 25.5 Å². The number of imidazole rings is 1. The largest absolute Gasteiger partial charge is 0.379 e. The zero-order valence-corrected chi connectivity index (χ0v) is 10.7. The van der Waals surface area contributed by atoms with Crippen LogP contribution in [-0.2, 0) is 11.3 Å². The summed E-state index contributed by atoms with van der Waals surface area (Å²) in [4.78, 5) is 4.52. The number of hydrogen-bond donors (Lipinski definition) is 1. The molecule has 0 unspecified atom stereocenters. The first-order valence-electron chi connectivity index (χ1n) is 6.00. The lowest BCUT2D eigenvalue weighted by Crippen LogP contribution is -2.45. The number of nitrogens with zero attached hydrogens (tertiary/aromatic N) is 3. The third kappa shape index (κ3) is 2.64. The van der Waals surface area contributed by atoms with Crippen LogP contribution in [0.15, 0.2) is 24.5 Å². The molecule has 0 atom stereocenters. The van der Waals surface area contributed by atoms with Crippen LogP contribution in [0.1, 0.15) is 5.69 Å². The number of aromatic nitrogens is 2. The Labute approximate surface area is 110 Å². The molecule has 1 aliphatic rings. The third-order valence-corrected chi connectivity index (χ3v) is 3.18. The Morgan fingerprint density at radius 2 is 2.11 bits per heavy atom. The van der Waals surface area contributed by atoms with Gasteiger partial charge in [0.15, 0.2) is 0 Å². The fraction of sp³-hybridized carbons (Fsp3) is 0.417. The van der Waals surface area contributed by atoms with Gasteiger partial charge in [-0.1, -0.05) is 11.6 Å². The monoisotopic (exact) mass is 266 g/mol. The Balaban J connectivity index is 1.67. The van der Waals surface area contributed by atoms with E-state index in [2.05, 4.69) is 15.4 Å². The highest BCUT2D eigenvalue weighted by atomic mass is 35.5. The van der Waals surface area contributed by atoms with E-state index in [1.165, 1.54) is 0 Å². The first kappa shape index (κ1) is 11.9. The van der Waals surface area contributed by atoms with Gasteiger partial charge in [0.1, 0.15) is 5.65 Å². The van der Waals surface area contributed by atoms with Crippen LogP contribution in [0.5, 0.6) is 0 Å². The van der Waals surface area contributed by atoms with E-state index in [1.54, 1.807) is 0 Å². The van der Waals surface area contributed by atoms with Crippen LogP contribution in [0.3, 0.4) is 0 Å². The van der Waals surface area contributed by atoms with Crippen molar-refractivity contribution in [1.82, 2.24) is 19.8 Å². The molecule has 6 heteroatoms. The lowest BCUT2D eigenvalue weighted by atomic mass is 10.4. The van der Waals surface area contributed by atoms with E-state index in [0.29, 0.717) is 5.02 Å². The van der Waals surface area contributed by atoms with Crippen LogP contribution >= 0.6 is 11.6 Å². The van der Waals surface area contributed by atoms with Gasteiger partial charge in [-0.25, -0.2) is 15.4 Å². The van der Waals surface area contributed by atoms with Crippen LogP contribution in [0.25, 0.3) is 5.65 Å². The first-order chi connectivity index (χ1) is 8.81. The second kappa shape index (κ2) is 5.24. The molecule has 96 valence electrons. The Morgan fingerprint density at radius 3 is 2.94 bits per heavy atom. The van der Waals surface area contributed by atoms with Gasteiger partial charge < -0.3 is 9.14 Å². The van der Waals surface area contributed by atoms with Crippen LogP contribution in [0, 0.1) is 0 Å². The molecule has 1 N–H and O–H groups in total. The van der Waals surface area contributed by atoms with Crippen LogP contribution in [0.4, 0.5) is 0 Å². The Bertz CT molecular complexity index is 536. The van der Waals surface area contributed by atoms with E-state index in [0.717, 1.165) is 44.2 Å². The topological polar surface area (TPSA) is 41.8 Å². The van der Waals surface area contributed by atoms with E-state index in [1.807, 2.05) is 28.9 Å². The molecule has 18 heavy (non-hydrogen) atoms. The smallest absolute Gasteiger partial charge is 0.137 e. The highest BCUT2D eigenvalue weighted by Crippen LogP contribution is 2.11. The summed E-state index contributed by atoms with van der Waals surface area (Å²) in [6.45, 7) is 4.12. The lowest BCUT2D eigenvalue weighted by Gasteiger charge is -2.26. The van der Waals surface area contributed by atoms with Crippen molar-refractivity contribution in [2.24, 2.45) is 0 Å². The number of nitrogens with one attached hydrogen (secondary N) is 1. The molecular formula is C12H15ClN4O. The maximum Gasteiger partial charge on any atom is 0.137 e. The normalized spacial score (nSPS) is 17.4. The van der Waals surface area contributed by atoms with Crippen LogP contribution in [-0.4, -0.2) is 40.7 Å². The molecule has 0 bridgehead atoms. The van der Waals surface area contributed by atoms with E-state index in [-0.39, 0.29) is 0 Å². The molecule has 2 aromatic rings. The van der Waals surface area contributed by atoms with Gasteiger partial charge in [0.2, 0.25) is 0 Å². The van der Waals surface area contributed by atoms with Gasteiger partial charge in [-0.05, 0) is 12.1 Å². The summed E-state index contributed by atoms with van der Waals surface area (Å²) in [5.74, 6) is 0. The lowest BCUT2D eigenvalue weighted by molar-refractivity contribution is 0.0104. The van der Waals surface area contributed by atoms with E-state index >= 15 is 0 Å². The highest BCUT2D eigenvalue weighted by Gasteiger charge is 2.10. The van der Waals surface area contributed by atoms with Crippen molar-refractivity contribution in [1.29, 1.82) is 0 Å². The second-order valence-electron chi connectivity index (χ2n) is 4.28. The Morgan fingerprint density at radius 1 is 1.28 bits per heavy atom.